The van der Waals surface area contributed by atoms with Gasteiger partial charge in [-0.2, -0.15) is 0 Å². The van der Waals surface area contributed by atoms with Crippen molar-refractivity contribution >= 4 is 11.6 Å². The molecule has 4 N–H and O–H groups in total. The van der Waals surface area contributed by atoms with Gasteiger partial charge in [0.25, 0.3) is 0 Å². The van der Waals surface area contributed by atoms with Crippen LogP contribution in [-0.2, 0) is 6.42 Å². The Balaban J connectivity index is 2.81. The third-order valence-electron chi connectivity index (χ3n) is 3.21. The number of nitrogen functional groups attached to an aromatic ring is 1. The molecular formula is C14H27N5. The van der Waals surface area contributed by atoms with Crippen molar-refractivity contribution in [3.63, 3.8) is 0 Å². The quantitative estimate of drug-likeness (QED) is 0.522. The molecule has 5 heteroatoms. The van der Waals surface area contributed by atoms with Gasteiger partial charge in [-0.05, 0) is 32.6 Å². The summed E-state index contributed by atoms with van der Waals surface area (Å²) in [5.74, 6) is 8.62. The molecule has 0 fully saturated rings. The number of aromatic nitrogens is 2. The molecular weight excluding hydrogens is 238 g/mol. The molecule has 0 radical (unpaired) electrons. The van der Waals surface area contributed by atoms with Crippen LogP contribution in [-0.4, -0.2) is 16.0 Å². The number of hydrazine groups is 1. The average molecular weight is 265 g/mol. The van der Waals surface area contributed by atoms with E-state index < -0.39 is 0 Å². The molecule has 0 bridgehead atoms. The van der Waals surface area contributed by atoms with Gasteiger partial charge >= 0.3 is 0 Å². The molecule has 1 rings (SSSR count). The Hall–Kier alpha value is -1.36. The first-order valence-corrected chi connectivity index (χ1v) is 7.08. The molecule has 0 aliphatic rings. The lowest BCUT2D eigenvalue weighted by molar-refractivity contribution is 0.527. The van der Waals surface area contributed by atoms with Crippen LogP contribution in [0.5, 0.6) is 0 Å². The van der Waals surface area contributed by atoms with Crippen LogP contribution in [0, 0.1) is 12.8 Å². The molecule has 1 heterocycles. The van der Waals surface area contributed by atoms with Crippen LogP contribution in [0.25, 0.3) is 0 Å². The molecule has 5 nitrogen and oxygen atoms in total. The fraction of sp³-hybridized carbons (Fsp3) is 0.714. The van der Waals surface area contributed by atoms with Gasteiger partial charge in [-0.3, -0.25) is 0 Å². The molecule has 1 atom stereocenters. The molecule has 0 aliphatic heterocycles. The van der Waals surface area contributed by atoms with Gasteiger partial charge < -0.3 is 10.7 Å². The van der Waals surface area contributed by atoms with Crippen molar-refractivity contribution < 1.29 is 0 Å². The first kappa shape index (κ1) is 15.7. The van der Waals surface area contributed by atoms with Gasteiger partial charge in [0.1, 0.15) is 17.5 Å². The summed E-state index contributed by atoms with van der Waals surface area (Å²) in [5.41, 5.74) is 3.61. The minimum absolute atomic E-state index is 0.395. The molecule has 19 heavy (non-hydrogen) atoms. The predicted molar refractivity (Wildman–Crippen MR) is 81.1 cm³/mol. The molecule has 1 unspecified atom stereocenters. The first-order valence-electron chi connectivity index (χ1n) is 7.08. The van der Waals surface area contributed by atoms with Crippen LogP contribution < -0.4 is 16.6 Å². The number of aryl methyl sites for hydroxylation is 1. The second-order valence-electron chi connectivity index (χ2n) is 5.48. The van der Waals surface area contributed by atoms with E-state index in [-0.39, 0.29) is 0 Å². The summed E-state index contributed by atoms with van der Waals surface area (Å²) < 4.78 is 0. The van der Waals surface area contributed by atoms with E-state index in [1.54, 1.807) is 0 Å². The lowest BCUT2D eigenvalue weighted by Gasteiger charge is -2.19. The third-order valence-corrected chi connectivity index (χ3v) is 3.21. The van der Waals surface area contributed by atoms with E-state index in [4.69, 9.17) is 5.84 Å². The smallest absolute Gasteiger partial charge is 0.148 e. The Kier molecular flexibility index (Phi) is 6.02. The van der Waals surface area contributed by atoms with Crippen molar-refractivity contribution in [3.05, 3.63) is 11.4 Å². The van der Waals surface area contributed by atoms with Crippen LogP contribution in [0.4, 0.5) is 11.6 Å². The highest BCUT2D eigenvalue weighted by Gasteiger charge is 2.12. The number of hydrogen-bond acceptors (Lipinski definition) is 5. The van der Waals surface area contributed by atoms with Crippen molar-refractivity contribution in [2.75, 3.05) is 10.7 Å². The number of hydrogen-bond donors (Lipinski definition) is 3. The lowest BCUT2D eigenvalue weighted by atomic mass is 10.0. The molecule has 1 aromatic rings. The summed E-state index contributed by atoms with van der Waals surface area (Å²) in [5, 5.41) is 3.47. The second kappa shape index (κ2) is 7.28. The van der Waals surface area contributed by atoms with Gasteiger partial charge in [-0.1, -0.05) is 20.8 Å². The Morgan fingerprint density at radius 1 is 1.11 bits per heavy atom. The topological polar surface area (TPSA) is 75.9 Å². The van der Waals surface area contributed by atoms with E-state index in [1.807, 2.05) is 13.8 Å². The zero-order valence-corrected chi connectivity index (χ0v) is 12.7. The fourth-order valence-electron chi connectivity index (χ4n) is 1.89. The van der Waals surface area contributed by atoms with Crippen LogP contribution in [0.15, 0.2) is 0 Å². The number of rotatable bonds is 7. The predicted octanol–water partition coefficient (Wildman–Crippen LogP) is 2.87. The van der Waals surface area contributed by atoms with Crippen LogP contribution in [0.3, 0.4) is 0 Å². The summed E-state index contributed by atoms with van der Waals surface area (Å²) >= 11 is 0. The van der Waals surface area contributed by atoms with E-state index in [2.05, 4.69) is 41.5 Å². The standard InChI is InChI=1S/C14H27N5/c1-6-12-17-13(11(5)14(18-12)19-15)16-10(4)8-7-9(2)3/h9-10H,6-8,15H2,1-5H3,(H2,16,17,18,19). The fourth-order valence-corrected chi connectivity index (χ4v) is 1.89. The maximum Gasteiger partial charge on any atom is 0.148 e. The minimum atomic E-state index is 0.395. The van der Waals surface area contributed by atoms with E-state index in [1.165, 1.54) is 6.42 Å². The maximum absolute atomic E-state index is 5.50. The minimum Gasteiger partial charge on any atom is -0.367 e. The Labute approximate surface area is 116 Å². The van der Waals surface area contributed by atoms with Crippen LogP contribution in [0.2, 0.25) is 0 Å². The number of nitrogens with one attached hydrogen (secondary N) is 2. The van der Waals surface area contributed by atoms with E-state index in [0.717, 1.165) is 36.0 Å². The first-order chi connectivity index (χ1) is 8.97. The Morgan fingerprint density at radius 2 is 1.74 bits per heavy atom. The normalized spacial score (nSPS) is 12.6. The van der Waals surface area contributed by atoms with Crippen molar-refractivity contribution in [3.8, 4) is 0 Å². The SMILES string of the molecule is CCc1nc(NN)c(C)c(NC(C)CCC(C)C)n1. The lowest BCUT2D eigenvalue weighted by Crippen LogP contribution is -2.20. The molecule has 1 aromatic heterocycles. The Bertz CT molecular complexity index is 403. The van der Waals surface area contributed by atoms with E-state index in [0.29, 0.717) is 11.9 Å². The summed E-state index contributed by atoms with van der Waals surface area (Å²) in [6, 6.07) is 0.395. The number of nitrogens with zero attached hydrogens (tertiary/aromatic N) is 2. The summed E-state index contributed by atoms with van der Waals surface area (Å²) in [6.45, 7) is 10.7. The average Bonchev–Trinajstić information content (AvgIpc) is 2.38. The molecule has 0 aliphatic carbocycles. The molecule has 0 saturated heterocycles. The van der Waals surface area contributed by atoms with Crippen molar-refractivity contribution in [2.45, 2.75) is 59.9 Å². The zero-order valence-electron chi connectivity index (χ0n) is 12.7. The van der Waals surface area contributed by atoms with Gasteiger partial charge in [0, 0.05) is 18.0 Å². The monoisotopic (exact) mass is 265 g/mol. The van der Waals surface area contributed by atoms with Crippen LogP contribution in [0.1, 0.15) is 51.9 Å². The van der Waals surface area contributed by atoms with Gasteiger partial charge in [0.15, 0.2) is 0 Å². The third kappa shape index (κ3) is 4.67. The molecule has 108 valence electrons. The van der Waals surface area contributed by atoms with E-state index >= 15 is 0 Å². The van der Waals surface area contributed by atoms with Crippen molar-refractivity contribution in [2.24, 2.45) is 11.8 Å². The Morgan fingerprint density at radius 3 is 2.26 bits per heavy atom. The van der Waals surface area contributed by atoms with E-state index in [9.17, 15) is 0 Å². The van der Waals surface area contributed by atoms with Gasteiger partial charge in [-0.15, -0.1) is 0 Å². The molecule has 0 spiro atoms. The molecule has 0 aromatic carbocycles. The highest BCUT2D eigenvalue weighted by atomic mass is 15.3. The van der Waals surface area contributed by atoms with Gasteiger partial charge in [0.2, 0.25) is 0 Å². The number of nitrogens with two attached hydrogens (primary N) is 1. The highest BCUT2D eigenvalue weighted by Crippen LogP contribution is 2.21. The van der Waals surface area contributed by atoms with Crippen molar-refractivity contribution in [1.29, 1.82) is 0 Å². The molecule has 0 amide bonds. The van der Waals surface area contributed by atoms with Gasteiger partial charge in [0.05, 0.1) is 0 Å². The van der Waals surface area contributed by atoms with Crippen molar-refractivity contribution in [1.82, 2.24) is 9.97 Å². The second-order valence-corrected chi connectivity index (χ2v) is 5.48. The summed E-state index contributed by atoms with van der Waals surface area (Å²) in [7, 11) is 0. The maximum atomic E-state index is 5.50. The summed E-state index contributed by atoms with van der Waals surface area (Å²) in [4.78, 5) is 8.91. The zero-order chi connectivity index (χ0) is 14.4. The number of anilines is 2. The van der Waals surface area contributed by atoms with Gasteiger partial charge in [-0.25, -0.2) is 15.8 Å². The highest BCUT2D eigenvalue weighted by molar-refractivity contribution is 5.57. The summed E-state index contributed by atoms with van der Waals surface area (Å²) in [6.07, 6.45) is 3.14. The van der Waals surface area contributed by atoms with Crippen LogP contribution >= 0.6 is 0 Å². The molecule has 0 saturated carbocycles. The largest absolute Gasteiger partial charge is 0.367 e.